The van der Waals surface area contributed by atoms with Crippen molar-refractivity contribution in [1.29, 1.82) is 0 Å². The number of Topliss-reactive ketones (excluding diaryl/α,β-unsaturated/α-hetero) is 1. The van der Waals surface area contributed by atoms with Crippen LogP contribution in [0.1, 0.15) is 12.0 Å². The smallest absolute Gasteiger partial charge is 0.227 e. The molecule has 98 valence electrons. The highest BCUT2D eigenvalue weighted by Gasteiger charge is 2.10. The van der Waals surface area contributed by atoms with Crippen LogP contribution in [-0.4, -0.2) is 25.4 Å². The van der Waals surface area contributed by atoms with E-state index in [4.69, 9.17) is 0 Å². The number of hydrogen-bond donors (Lipinski definition) is 1. The van der Waals surface area contributed by atoms with E-state index in [1.54, 1.807) is 0 Å². The average Bonchev–Trinajstić information content (AvgIpc) is 2.28. The fourth-order valence-electron chi connectivity index (χ4n) is 1.31. The number of benzene rings is 1. The first-order chi connectivity index (χ1) is 8.52. The quantitative estimate of drug-likeness (QED) is 0.779. The Hall–Kier alpha value is -1.82. The van der Waals surface area contributed by atoms with E-state index in [0.717, 1.165) is 12.1 Å². The van der Waals surface area contributed by atoms with Gasteiger partial charge in [0, 0.05) is 25.3 Å². The van der Waals surface area contributed by atoms with Crippen molar-refractivity contribution in [2.45, 2.75) is 13.0 Å². The van der Waals surface area contributed by atoms with Crippen LogP contribution in [0.5, 0.6) is 0 Å². The molecule has 0 radical (unpaired) electrons. The highest BCUT2D eigenvalue weighted by molar-refractivity contribution is 5.98. The van der Waals surface area contributed by atoms with Gasteiger partial charge >= 0.3 is 0 Å². The summed E-state index contributed by atoms with van der Waals surface area (Å²) in [5.41, 5.74) is 0.156. The monoisotopic (exact) mass is 257 g/mol. The maximum atomic E-state index is 13.2. The highest BCUT2D eigenvalue weighted by atomic mass is 19.1. The van der Waals surface area contributed by atoms with Gasteiger partial charge in [-0.3, -0.25) is 9.59 Å². The second-order valence-electron chi connectivity index (χ2n) is 3.66. The van der Waals surface area contributed by atoms with Gasteiger partial charge in [0.25, 0.3) is 0 Å². The average molecular weight is 257 g/mol. The van der Waals surface area contributed by atoms with Crippen LogP contribution in [0, 0.1) is 11.6 Å². The van der Waals surface area contributed by atoms with E-state index in [1.807, 2.05) is 0 Å². The van der Waals surface area contributed by atoms with Gasteiger partial charge in [0.05, 0.1) is 6.42 Å². The van der Waals surface area contributed by atoms with Gasteiger partial charge in [-0.25, -0.2) is 8.78 Å². The van der Waals surface area contributed by atoms with Crippen molar-refractivity contribution in [2.75, 3.05) is 13.7 Å². The summed E-state index contributed by atoms with van der Waals surface area (Å²) in [5, 5.41) is 2.37. The van der Waals surface area contributed by atoms with Crippen molar-refractivity contribution < 1.29 is 23.1 Å². The van der Waals surface area contributed by atoms with E-state index in [0.29, 0.717) is 0 Å². The number of amides is 1. The summed E-state index contributed by atoms with van der Waals surface area (Å²) in [7, 11) is 1.35. The Labute approximate surface area is 103 Å². The van der Waals surface area contributed by atoms with Crippen molar-refractivity contribution in [2.24, 2.45) is 0 Å². The second kappa shape index (κ2) is 6.80. The molecule has 0 fully saturated rings. The molecule has 0 bridgehead atoms. The van der Waals surface area contributed by atoms with Crippen molar-refractivity contribution in [1.82, 2.24) is 5.32 Å². The van der Waals surface area contributed by atoms with Crippen LogP contribution in [0.4, 0.5) is 8.78 Å². The lowest BCUT2D eigenvalue weighted by atomic mass is 10.2. The largest absolute Gasteiger partial charge is 0.377 e. The van der Waals surface area contributed by atoms with Crippen LogP contribution < -0.4 is 5.32 Å². The molecule has 4 nitrogen and oxygen atoms in total. The summed E-state index contributed by atoms with van der Waals surface area (Å²) in [6.07, 6.45) is -0.323. The van der Waals surface area contributed by atoms with E-state index in [2.05, 4.69) is 10.1 Å². The number of carbonyl (C=O) groups excluding carboxylic acids is 2. The molecule has 18 heavy (non-hydrogen) atoms. The summed E-state index contributed by atoms with van der Waals surface area (Å²) in [5.74, 6) is -2.31. The first-order valence-electron chi connectivity index (χ1n) is 5.24. The lowest BCUT2D eigenvalue weighted by Gasteiger charge is -2.06. The van der Waals surface area contributed by atoms with Crippen LogP contribution in [0.15, 0.2) is 18.2 Å². The van der Waals surface area contributed by atoms with Gasteiger partial charge in [0.15, 0.2) is 5.78 Å². The molecular formula is C12H13F2NO3. The third-order valence-corrected chi connectivity index (χ3v) is 2.15. The molecule has 1 rings (SSSR count). The number of ketones is 1. The van der Waals surface area contributed by atoms with Crippen LogP contribution in [0.3, 0.4) is 0 Å². The van der Waals surface area contributed by atoms with E-state index < -0.39 is 17.5 Å². The summed E-state index contributed by atoms with van der Waals surface area (Å²) in [6.45, 7) is -0.233. The molecule has 1 N–H and O–H groups in total. The lowest BCUT2D eigenvalue weighted by Crippen LogP contribution is -2.26. The van der Waals surface area contributed by atoms with E-state index >= 15 is 0 Å². The van der Waals surface area contributed by atoms with Crippen LogP contribution in [0.25, 0.3) is 0 Å². The summed E-state index contributed by atoms with van der Waals surface area (Å²) in [6, 6.07) is 3.07. The molecule has 1 amide bonds. The second-order valence-corrected chi connectivity index (χ2v) is 3.66. The molecule has 0 spiro atoms. The molecule has 0 saturated heterocycles. The molecule has 0 saturated carbocycles. The number of halogens is 2. The molecule has 0 heterocycles. The topological polar surface area (TPSA) is 55.4 Å². The predicted octanol–water partition coefficient (Wildman–Crippen LogP) is 1.19. The van der Waals surface area contributed by atoms with Gasteiger partial charge in [0.1, 0.15) is 18.2 Å². The van der Waals surface area contributed by atoms with Gasteiger partial charge in [-0.05, 0) is 6.07 Å². The predicted molar refractivity (Wildman–Crippen MR) is 59.7 cm³/mol. The molecule has 0 aliphatic heterocycles. The Morgan fingerprint density at radius 3 is 2.67 bits per heavy atom. The van der Waals surface area contributed by atoms with Crippen molar-refractivity contribution >= 4 is 11.7 Å². The zero-order chi connectivity index (χ0) is 13.5. The van der Waals surface area contributed by atoms with E-state index in [9.17, 15) is 18.4 Å². The Balaban J connectivity index is 2.45. The standard InChI is InChI=1S/C12H13F2NO3/c1-18-7-10(16)5-12(17)15-6-8-2-3-9(13)4-11(8)14/h2-4H,5-7H2,1H3,(H,15,17). The third kappa shape index (κ3) is 4.58. The van der Waals surface area contributed by atoms with Crippen LogP contribution >= 0.6 is 0 Å². The molecule has 0 atom stereocenters. The fourth-order valence-corrected chi connectivity index (χ4v) is 1.31. The molecule has 0 unspecified atom stereocenters. The number of carbonyl (C=O) groups is 2. The van der Waals surface area contributed by atoms with Crippen molar-refractivity contribution in [3.05, 3.63) is 35.4 Å². The summed E-state index contributed by atoms with van der Waals surface area (Å²) in [4.78, 5) is 22.4. The third-order valence-electron chi connectivity index (χ3n) is 2.15. The highest BCUT2D eigenvalue weighted by Crippen LogP contribution is 2.08. The minimum absolute atomic E-state index is 0.0921. The van der Waals surface area contributed by atoms with Crippen molar-refractivity contribution in [3.8, 4) is 0 Å². The minimum Gasteiger partial charge on any atom is -0.377 e. The van der Waals surface area contributed by atoms with Crippen LogP contribution in [-0.2, 0) is 20.9 Å². The molecule has 0 aliphatic rings. The number of methoxy groups -OCH3 is 1. The molecule has 0 aromatic heterocycles. The maximum absolute atomic E-state index is 13.2. The van der Waals surface area contributed by atoms with Gasteiger partial charge in [-0.1, -0.05) is 6.07 Å². The fraction of sp³-hybridized carbons (Fsp3) is 0.333. The Bertz CT molecular complexity index is 449. The maximum Gasteiger partial charge on any atom is 0.227 e. The van der Waals surface area contributed by atoms with E-state index in [-0.39, 0.29) is 30.9 Å². The molecule has 6 heteroatoms. The Kier molecular flexibility index (Phi) is 5.38. The molecule has 1 aromatic rings. The van der Waals surface area contributed by atoms with Gasteiger partial charge < -0.3 is 10.1 Å². The molecular weight excluding hydrogens is 244 g/mol. The van der Waals surface area contributed by atoms with Crippen molar-refractivity contribution in [3.63, 3.8) is 0 Å². The Morgan fingerprint density at radius 1 is 1.33 bits per heavy atom. The SMILES string of the molecule is COCC(=O)CC(=O)NCc1ccc(F)cc1F. The molecule has 1 aromatic carbocycles. The minimum atomic E-state index is -0.737. The summed E-state index contributed by atoms with van der Waals surface area (Å²) >= 11 is 0. The normalized spacial score (nSPS) is 10.2. The van der Waals surface area contributed by atoms with Gasteiger partial charge in [-0.2, -0.15) is 0 Å². The molecule has 0 aliphatic carbocycles. The lowest BCUT2D eigenvalue weighted by molar-refractivity contribution is -0.130. The number of rotatable bonds is 6. The van der Waals surface area contributed by atoms with Crippen LogP contribution in [0.2, 0.25) is 0 Å². The number of ether oxygens (including phenoxy) is 1. The van der Waals surface area contributed by atoms with Gasteiger partial charge in [0.2, 0.25) is 5.91 Å². The Morgan fingerprint density at radius 2 is 2.06 bits per heavy atom. The summed E-state index contributed by atoms with van der Waals surface area (Å²) < 4.78 is 30.4. The van der Waals surface area contributed by atoms with E-state index in [1.165, 1.54) is 13.2 Å². The number of nitrogens with one attached hydrogen (secondary N) is 1. The first kappa shape index (κ1) is 14.2. The zero-order valence-corrected chi connectivity index (χ0v) is 9.83. The van der Waals surface area contributed by atoms with Gasteiger partial charge in [-0.15, -0.1) is 0 Å². The zero-order valence-electron chi connectivity index (χ0n) is 9.83. The first-order valence-corrected chi connectivity index (χ1v) is 5.24. The number of hydrogen-bond acceptors (Lipinski definition) is 3.